The highest BCUT2D eigenvalue weighted by atomic mass is 16.2. The van der Waals surface area contributed by atoms with E-state index < -0.39 is 11.2 Å². The van der Waals surface area contributed by atoms with Gasteiger partial charge in [-0.05, 0) is 6.92 Å². The van der Waals surface area contributed by atoms with E-state index in [0.717, 1.165) is 5.69 Å². The number of aromatic amines is 2. The Morgan fingerprint density at radius 2 is 2.25 bits per heavy atom. The molecule has 2 heterocycles. The molecule has 8 heteroatoms. The Labute approximate surface area is 113 Å². The number of nitrogens with zero attached hydrogens (tertiary/aromatic N) is 2. The summed E-state index contributed by atoms with van der Waals surface area (Å²) in [5, 5.41) is 2.69. The van der Waals surface area contributed by atoms with Gasteiger partial charge >= 0.3 is 5.69 Å². The van der Waals surface area contributed by atoms with Crippen molar-refractivity contribution in [3.05, 3.63) is 50.8 Å². The summed E-state index contributed by atoms with van der Waals surface area (Å²) >= 11 is 0. The highest BCUT2D eigenvalue weighted by molar-refractivity contribution is 5.75. The van der Waals surface area contributed by atoms with E-state index in [9.17, 15) is 14.4 Å². The molecule has 0 spiro atoms. The van der Waals surface area contributed by atoms with Gasteiger partial charge in [0.05, 0.1) is 6.33 Å². The monoisotopic (exact) mass is 277 g/mol. The van der Waals surface area contributed by atoms with Gasteiger partial charge < -0.3 is 10.3 Å². The van der Waals surface area contributed by atoms with Crippen LogP contribution < -0.4 is 16.6 Å². The van der Waals surface area contributed by atoms with E-state index in [-0.39, 0.29) is 12.5 Å². The van der Waals surface area contributed by atoms with Gasteiger partial charge in [-0.1, -0.05) is 0 Å². The van der Waals surface area contributed by atoms with Crippen LogP contribution in [0.4, 0.5) is 0 Å². The first-order valence-electron chi connectivity index (χ1n) is 6.10. The maximum atomic E-state index is 11.7. The maximum Gasteiger partial charge on any atom is 0.328 e. The number of nitrogens with one attached hydrogen (secondary N) is 3. The van der Waals surface area contributed by atoms with Crippen molar-refractivity contribution in [3.8, 4) is 0 Å². The molecule has 0 fully saturated rings. The zero-order valence-electron chi connectivity index (χ0n) is 11.0. The molecule has 0 aliphatic rings. The third-order valence-electron chi connectivity index (χ3n) is 2.77. The Kier molecular flexibility index (Phi) is 4.14. The van der Waals surface area contributed by atoms with Crippen molar-refractivity contribution >= 4 is 5.91 Å². The Balaban J connectivity index is 1.90. The van der Waals surface area contributed by atoms with Gasteiger partial charge in [0.15, 0.2) is 0 Å². The molecule has 3 N–H and O–H groups in total. The van der Waals surface area contributed by atoms with Crippen LogP contribution in [0.15, 0.2) is 28.3 Å². The van der Waals surface area contributed by atoms with Crippen molar-refractivity contribution in [2.24, 2.45) is 0 Å². The number of hydrogen-bond donors (Lipinski definition) is 3. The van der Waals surface area contributed by atoms with E-state index in [2.05, 4.69) is 20.3 Å². The normalized spacial score (nSPS) is 10.4. The SMILES string of the molecule is Cc1cn(CC(=O)NCCc2cnc[nH]2)c(=O)[nH]c1=O. The largest absolute Gasteiger partial charge is 0.354 e. The van der Waals surface area contributed by atoms with Gasteiger partial charge in [0.25, 0.3) is 5.56 Å². The Bertz CT molecular complexity index is 699. The second kappa shape index (κ2) is 6.00. The lowest BCUT2D eigenvalue weighted by molar-refractivity contribution is -0.121. The van der Waals surface area contributed by atoms with E-state index in [4.69, 9.17) is 0 Å². The van der Waals surface area contributed by atoms with Crippen LogP contribution in [0.5, 0.6) is 0 Å². The lowest BCUT2D eigenvalue weighted by Gasteiger charge is -2.07. The van der Waals surface area contributed by atoms with E-state index >= 15 is 0 Å². The molecule has 0 bridgehead atoms. The predicted octanol–water partition coefficient (Wildman–Crippen LogP) is -1.07. The summed E-state index contributed by atoms with van der Waals surface area (Å²) in [6.45, 7) is 1.89. The average molecular weight is 277 g/mol. The third-order valence-corrected chi connectivity index (χ3v) is 2.77. The van der Waals surface area contributed by atoms with Crippen LogP contribution in [-0.2, 0) is 17.8 Å². The van der Waals surface area contributed by atoms with E-state index in [1.807, 2.05) is 0 Å². The van der Waals surface area contributed by atoms with Crippen molar-refractivity contribution in [1.29, 1.82) is 0 Å². The molecule has 2 rings (SSSR count). The zero-order chi connectivity index (χ0) is 14.5. The fraction of sp³-hybridized carbons (Fsp3) is 0.333. The van der Waals surface area contributed by atoms with Crippen LogP contribution in [0.2, 0.25) is 0 Å². The first-order valence-corrected chi connectivity index (χ1v) is 6.10. The molecule has 8 nitrogen and oxygen atoms in total. The fourth-order valence-electron chi connectivity index (χ4n) is 1.70. The van der Waals surface area contributed by atoms with Crippen LogP contribution >= 0.6 is 0 Å². The molecular formula is C12H15N5O3. The van der Waals surface area contributed by atoms with Crippen molar-refractivity contribution in [3.63, 3.8) is 0 Å². The molecule has 1 amide bonds. The van der Waals surface area contributed by atoms with Crippen LogP contribution in [0.25, 0.3) is 0 Å². The molecule has 0 saturated carbocycles. The minimum absolute atomic E-state index is 0.126. The summed E-state index contributed by atoms with van der Waals surface area (Å²) < 4.78 is 1.17. The number of H-pyrrole nitrogens is 2. The summed E-state index contributed by atoms with van der Waals surface area (Å²) in [6, 6.07) is 0. The number of imidazole rings is 1. The Morgan fingerprint density at radius 1 is 1.45 bits per heavy atom. The first-order chi connectivity index (χ1) is 9.56. The van der Waals surface area contributed by atoms with Crippen LogP contribution in [-0.4, -0.2) is 32.0 Å². The molecule has 0 unspecified atom stereocenters. The quantitative estimate of drug-likeness (QED) is 0.645. The first kappa shape index (κ1) is 13.8. The molecule has 2 aromatic rings. The van der Waals surface area contributed by atoms with Gasteiger partial charge in [0.2, 0.25) is 5.91 Å². The summed E-state index contributed by atoms with van der Waals surface area (Å²) in [5.41, 5.74) is 0.271. The topological polar surface area (TPSA) is 113 Å². The van der Waals surface area contributed by atoms with Crippen LogP contribution in [0.3, 0.4) is 0 Å². The molecule has 0 saturated heterocycles. The lowest BCUT2D eigenvalue weighted by Crippen LogP contribution is -2.37. The van der Waals surface area contributed by atoms with Crippen molar-refractivity contribution < 1.29 is 4.79 Å². The minimum Gasteiger partial charge on any atom is -0.354 e. The second-order valence-corrected chi connectivity index (χ2v) is 4.38. The molecule has 0 atom stereocenters. The van der Waals surface area contributed by atoms with Gasteiger partial charge in [0.1, 0.15) is 6.54 Å². The minimum atomic E-state index is -0.593. The van der Waals surface area contributed by atoms with Gasteiger partial charge in [-0.25, -0.2) is 9.78 Å². The number of aromatic nitrogens is 4. The zero-order valence-corrected chi connectivity index (χ0v) is 11.0. The Morgan fingerprint density at radius 3 is 2.95 bits per heavy atom. The Hall–Kier alpha value is -2.64. The van der Waals surface area contributed by atoms with Gasteiger partial charge in [-0.2, -0.15) is 0 Å². The van der Waals surface area contributed by atoms with Crippen molar-refractivity contribution in [1.82, 2.24) is 24.8 Å². The molecule has 0 aliphatic carbocycles. The number of carbonyl (C=O) groups excluding carboxylic acids is 1. The van der Waals surface area contributed by atoms with Crippen molar-refractivity contribution in [2.45, 2.75) is 19.9 Å². The molecule has 106 valence electrons. The molecule has 2 aromatic heterocycles. The van der Waals surface area contributed by atoms with Crippen LogP contribution in [0.1, 0.15) is 11.3 Å². The smallest absolute Gasteiger partial charge is 0.328 e. The maximum absolute atomic E-state index is 11.7. The number of aryl methyl sites for hydroxylation is 1. The van der Waals surface area contributed by atoms with E-state index in [1.165, 1.54) is 10.8 Å². The number of rotatable bonds is 5. The molecule has 20 heavy (non-hydrogen) atoms. The molecule has 0 aliphatic heterocycles. The fourth-order valence-corrected chi connectivity index (χ4v) is 1.70. The number of hydrogen-bond acceptors (Lipinski definition) is 4. The highest BCUT2D eigenvalue weighted by Gasteiger charge is 2.06. The predicted molar refractivity (Wildman–Crippen MR) is 71.4 cm³/mol. The van der Waals surface area contributed by atoms with Gasteiger partial charge in [-0.3, -0.25) is 19.1 Å². The summed E-state index contributed by atoms with van der Waals surface area (Å²) in [5.74, 6) is -0.293. The molecular weight excluding hydrogens is 262 g/mol. The van der Waals surface area contributed by atoms with Crippen molar-refractivity contribution in [2.75, 3.05) is 6.54 Å². The standard InChI is InChI=1S/C12H15N5O3/c1-8-5-17(12(20)16-11(8)19)6-10(18)14-3-2-9-4-13-7-15-9/h4-5,7H,2-3,6H2,1H3,(H,13,15)(H,14,18)(H,16,19,20). The summed E-state index contributed by atoms with van der Waals surface area (Å²) in [7, 11) is 0. The van der Waals surface area contributed by atoms with Gasteiger partial charge in [-0.15, -0.1) is 0 Å². The highest BCUT2D eigenvalue weighted by Crippen LogP contribution is 1.91. The van der Waals surface area contributed by atoms with Crippen LogP contribution in [0, 0.1) is 6.92 Å². The number of amides is 1. The van der Waals surface area contributed by atoms with E-state index in [1.54, 1.807) is 19.4 Å². The summed E-state index contributed by atoms with van der Waals surface area (Å²) in [4.78, 5) is 43.4. The summed E-state index contributed by atoms with van der Waals surface area (Å²) in [6.07, 6.45) is 5.25. The average Bonchev–Trinajstić information content (AvgIpc) is 2.89. The van der Waals surface area contributed by atoms with Gasteiger partial charge in [0, 0.05) is 36.6 Å². The lowest BCUT2D eigenvalue weighted by atomic mass is 10.3. The molecule has 0 radical (unpaired) electrons. The second-order valence-electron chi connectivity index (χ2n) is 4.38. The molecule has 0 aromatic carbocycles. The van der Waals surface area contributed by atoms with E-state index in [0.29, 0.717) is 18.5 Å². The number of carbonyl (C=O) groups is 1. The third kappa shape index (κ3) is 3.44.